The smallest absolute Gasteiger partial charge is 0.230 e. The van der Waals surface area contributed by atoms with Crippen LogP contribution in [0.15, 0.2) is 30.3 Å². The number of amides is 1. The van der Waals surface area contributed by atoms with Gasteiger partial charge < -0.3 is 15.3 Å². The molecule has 1 amide bonds. The summed E-state index contributed by atoms with van der Waals surface area (Å²) >= 11 is 0. The largest absolute Gasteiger partial charge is 0.388 e. The van der Waals surface area contributed by atoms with E-state index in [2.05, 4.69) is 10.2 Å². The molecule has 1 aromatic carbocycles. The number of halogens is 1. The maximum absolute atomic E-state index is 13.5. The number of hydrogen-bond donors (Lipinski definition) is 2. The summed E-state index contributed by atoms with van der Waals surface area (Å²) in [5, 5.41) is 14.1. The quantitative estimate of drug-likeness (QED) is 0.845. The van der Waals surface area contributed by atoms with E-state index in [-0.39, 0.29) is 23.9 Å². The number of benzene rings is 1. The van der Waals surface area contributed by atoms with Gasteiger partial charge in [-0.25, -0.2) is 0 Å². The van der Waals surface area contributed by atoms with Gasteiger partial charge in [-0.1, -0.05) is 43.2 Å². The van der Waals surface area contributed by atoms with Gasteiger partial charge in [-0.05, 0) is 50.1 Å². The molecule has 3 fully saturated rings. The van der Waals surface area contributed by atoms with E-state index in [1.165, 1.54) is 19.3 Å². The summed E-state index contributed by atoms with van der Waals surface area (Å²) in [5.74, 6) is 0.874. The molecule has 2 N–H and O–H groups in total. The van der Waals surface area contributed by atoms with E-state index in [9.17, 15) is 9.90 Å². The lowest BCUT2D eigenvalue weighted by Crippen LogP contribution is -2.51. The summed E-state index contributed by atoms with van der Waals surface area (Å²) in [7, 11) is 0. The van der Waals surface area contributed by atoms with Crippen LogP contribution in [0.25, 0.3) is 0 Å². The third kappa shape index (κ3) is 3.51. The molecule has 0 radical (unpaired) electrons. The van der Waals surface area contributed by atoms with E-state index in [1.54, 1.807) is 0 Å². The first-order chi connectivity index (χ1) is 12.2. The molecule has 4 atom stereocenters. The van der Waals surface area contributed by atoms with E-state index in [0.717, 1.165) is 44.5 Å². The van der Waals surface area contributed by atoms with Gasteiger partial charge in [0.1, 0.15) is 0 Å². The predicted molar refractivity (Wildman–Crippen MR) is 105 cm³/mol. The highest BCUT2D eigenvalue weighted by molar-refractivity contribution is 5.85. The maximum Gasteiger partial charge on any atom is 0.230 e. The molecule has 26 heavy (non-hydrogen) atoms. The standard InChI is InChI=1S/C21H30N2O2.ClH/c24-19(16-7-2-1-3-8-16)13-18-10-6-12-23(18)20(25)21-11-5-4-9-17(21)14-22-15-21;/h1-3,7-8,17-19,22,24H,4-6,9-15H2;1H/t17-,18?,19?,21+;/m0./s1. The van der Waals surface area contributed by atoms with Crippen LogP contribution in [0.1, 0.15) is 56.6 Å². The minimum absolute atomic E-state index is 0. The Balaban J connectivity index is 0.00000196. The fourth-order valence-electron chi connectivity index (χ4n) is 5.37. The molecule has 2 aliphatic heterocycles. The Morgan fingerprint density at radius 1 is 1.23 bits per heavy atom. The average Bonchev–Trinajstić information content (AvgIpc) is 3.29. The zero-order valence-electron chi connectivity index (χ0n) is 15.4. The lowest BCUT2D eigenvalue weighted by molar-refractivity contribution is -0.146. The van der Waals surface area contributed by atoms with Crippen molar-refractivity contribution in [1.29, 1.82) is 0 Å². The second kappa shape index (κ2) is 8.28. The number of carbonyl (C=O) groups is 1. The van der Waals surface area contributed by atoms with Gasteiger partial charge in [-0.3, -0.25) is 4.79 Å². The van der Waals surface area contributed by atoms with E-state index in [4.69, 9.17) is 0 Å². The molecule has 144 valence electrons. The molecular formula is C21H31ClN2O2. The van der Waals surface area contributed by atoms with Crippen molar-refractivity contribution < 1.29 is 9.90 Å². The van der Waals surface area contributed by atoms with Crippen molar-refractivity contribution in [3.63, 3.8) is 0 Å². The number of aliphatic hydroxyl groups excluding tert-OH is 1. The Hall–Kier alpha value is -1.10. The lowest BCUT2D eigenvalue weighted by Gasteiger charge is -2.41. The number of hydrogen-bond acceptors (Lipinski definition) is 3. The number of nitrogens with zero attached hydrogens (tertiary/aromatic N) is 1. The molecule has 1 saturated carbocycles. The van der Waals surface area contributed by atoms with Crippen LogP contribution in [0.5, 0.6) is 0 Å². The van der Waals surface area contributed by atoms with Crippen LogP contribution in [0.2, 0.25) is 0 Å². The molecule has 0 aromatic heterocycles. The van der Waals surface area contributed by atoms with Gasteiger partial charge in [-0.2, -0.15) is 0 Å². The highest BCUT2D eigenvalue weighted by Crippen LogP contribution is 2.46. The highest BCUT2D eigenvalue weighted by atomic mass is 35.5. The van der Waals surface area contributed by atoms with Gasteiger partial charge >= 0.3 is 0 Å². The van der Waals surface area contributed by atoms with E-state index >= 15 is 0 Å². The Kier molecular flexibility index (Phi) is 6.26. The Morgan fingerprint density at radius 3 is 2.85 bits per heavy atom. The number of carbonyl (C=O) groups excluding carboxylic acids is 1. The third-order valence-electron chi connectivity index (χ3n) is 6.78. The van der Waals surface area contributed by atoms with Crippen molar-refractivity contribution >= 4 is 18.3 Å². The predicted octanol–water partition coefficient (Wildman–Crippen LogP) is 3.30. The molecule has 4 nitrogen and oxygen atoms in total. The molecule has 3 aliphatic rings. The SMILES string of the molecule is Cl.O=C(N1CCCC1CC(O)c1ccccc1)[C@@]12CCCC[C@H]1CNC2. The van der Waals surface area contributed by atoms with E-state index in [0.29, 0.717) is 18.2 Å². The maximum atomic E-state index is 13.5. The minimum Gasteiger partial charge on any atom is -0.388 e. The Labute approximate surface area is 162 Å². The van der Waals surface area contributed by atoms with E-state index in [1.807, 2.05) is 30.3 Å². The zero-order valence-corrected chi connectivity index (χ0v) is 16.2. The summed E-state index contributed by atoms with van der Waals surface area (Å²) in [5.41, 5.74) is 0.788. The van der Waals surface area contributed by atoms with Crippen molar-refractivity contribution in [2.75, 3.05) is 19.6 Å². The summed E-state index contributed by atoms with van der Waals surface area (Å²) in [4.78, 5) is 15.7. The number of likely N-dealkylation sites (tertiary alicyclic amines) is 1. The lowest BCUT2D eigenvalue weighted by atomic mass is 9.67. The molecule has 0 spiro atoms. The summed E-state index contributed by atoms with van der Waals surface area (Å²) in [6.07, 6.45) is 6.91. The molecular weight excluding hydrogens is 348 g/mol. The molecule has 0 bridgehead atoms. The number of rotatable bonds is 4. The Morgan fingerprint density at radius 2 is 2.04 bits per heavy atom. The van der Waals surface area contributed by atoms with Crippen molar-refractivity contribution in [1.82, 2.24) is 10.2 Å². The Bertz CT molecular complexity index is 611. The van der Waals surface area contributed by atoms with Gasteiger partial charge in [0, 0.05) is 19.1 Å². The van der Waals surface area contributed by atoms with Crippen molar-refractivity contribution in [3.05, 3.63) is 35.9 Å². The first kappa shape index (κ1) is 19.7. The van der Waals surface area contributed by atoms with Gasteiger partial charge in [0.05, 0.1) is 11.5 Å². The third-order valence-corrected chi connectivity index (χ3v) is 6.78. The number of aliphatic hydroxyl groups is 1. The van der Waals surface area contributed by atoms with Crippen LogP contribution in [0.3, 0.4) is 0 Å². The van der Waals surface area contributed by atoms with Gasteiger partial charge in [0.2, 0.25) is 5.91 Å². The van der Waals surface area contributed by atoms with Crippen LogP contribution >= 0.6 is 12.4 Å². The monoisotopic (exact) mass is 378 g/mol. The van der Waals surface area contributed by atoms with Crippen LogP contribution in [0.4, 0.5) is 0 Å². The molecule has 1 aromatic rings. The minimum atomic E-state index is -0.485. The molecule has 4 rings (SSSR count). The van der Waals surface area contributed by atoms with Crippen LogP contribution in [-0.4, -0.2) is 41.6 Å². The van der Waals surface area contributed by atoms with Crippen molar-refractivity contribution in [2.45, 2.75) is 57.1 Å². The van der Waals surface area contributed by atoms with Crippen LogP contribution in [-0.2, 0) is 4.79 Å². The summed E-state index contributed by atoms with van der Waals surface area (Å²) in [6, 6.07) is 10.0. The summed E-state index contributed by atoms with van der Waals surface area (Å²) in [6.45, 7) is 2.71. The second-order valence-corrected chi connectivity index (χ2v) is 8.19. The van der Waals surface area contributed by atoms with Crippen LogP contribution < -0.4 is 5.32 Å². The van der Waals surface area contributed by atoms with Crippen molar-refractivity contribution in [3.8, 4) is 0 Å². The molecule has 2 unspecified atom stereocenters. The van der Waals surface area contributed by atoms with Crippen molar-refractivity contribution in [2.24, 2.45) is 11.3 Å². The normalized spacial score (nSPS) is 32.0. The topological polar surface area (TPSA) is 52.6 Å². The molecule has 2 saturated heterocycles. The van der Waals surface area contributed by atoms with Crippen LogP contribution in [0, 0.1) is 11.3 Å². The average molecular weight is 379 g/mol. The highest BCUT2D eigenvalue weighted by Gasteiger charge is 2.52. The zero-order chi connectivity index (χ0) is 17.3. The first-order valence-electron chi connectivity index (χ1n) is 9.95. The summed E-state index contributed by atoms with van der Waals surface area (Å²) < 4.78 is 0. The van der Waals surface area contributed by atoms with Gasteiger partial charge in [0.15, 0.2) is 0 Å². The van der Waals surface area contributed by atoms with Gasteiger partial charge in [-0.15, -0.1) is 12.4 Å². The number of fused-ring (bicyclic) bond motifs is 1. The van der Waals surface area contributed by atoms with Gasteiger partial charge in [0.25, 0.3) is 0 Å². The fraction of sp³-hybridized carbons (Fsp3) is 0.667. The second-order valence-electron chi connectivity index (χ2n) is 8.19. The molecule has 1 aliphatic carbocycles. The fourth-order valence-corrected chi connectivity index (χ4v) is 5.37. The first-order valence-corrected chi connectivity index (χ1v) is 9.95. The van der Waals surface area contributed by atoms with E-state index < -0.39 is 6.10 Å². The molecule has 5 heteroatoms. The molecule has 2 heterocycles. The number of nitrogens with one attached hydrogen (secondary N) is 1.